The zero-order valence-corrected chi connectivity index (χ0v) is 13.6. The van der Waals surface area contributed by atoms with Gasteiger partial charge in [0.15, 0.2) is 0 Å². The van der Waals surface area contributed by atoms with Crippen LogP contribution in [0.25, 0.3) is 11.0 Å². The van der Waals surface area contributed by atoms with Gasteiger partial charge in [0.2, 0.25) is 5.88 Å². The van der Waals surface area contributed by atoms with E-state index < -0.39 is 0 Å². The lowest BCUT2D eigenvalue weighted by molar-refractivity contribution is 0.236. The van der Waals surface area contributed by atoms with Gasteiger partial charge in [-0.3, -0.25) is 0 Å². The van der Waals surface area contributed by atoms with Crippen molar-refractivity contribution >= 4 is 17.0 Å². The standard InChI is InChI=1S/C18H19N3O3/c1-12(16-9-14-5-3-4-6-15(14)24-16)21-18(22)20-11-13-7-8-17(23-2)19-10-13/h3-10,12H,11H2,1-2H3,(H2,20,21,22). The number of pyridine rings is 1. The molecular formula is C18H19N3O3. The van der Waals surface area contributed by atoms with Crippen LogP contribution in [0.4, 0.5) is 4.79 Å². The Bertz CT molecular complexity index is 794. The van der Waals surface area contributed by atoms with E-state index in [1.165, 1.54) is 0 Å². The molecule has 2 amide bonds. The van der Waals surface area contributed by atoms with E-state index in [2.05, 4.69) is 15.6 Å². The number of furan rings is 1. The number of aromatic nitrogens is 1. The van der Waals surface area contributed by atoms with Gasteiger partial charge in [-0.15, -0.1) is 0 Å². The van der Waals surface area contributed by atoms with Crippen molar-refractivity contribution in [3.05, 3.63) is 60.0 Å². The molecule has 3 rings (SSSR count). The number of carbonyl (C=O) groups excluding carboxylic acids is 1. The van der Waals surface area contributed by atoms with Crippen molar-refractivity contribution < 1.29 is 13.9 Å². The van der Waals surface area contributed by atoms with Crippen LogP contribution in [0.1, 0.15) is 24.3 Å². The summed E-state index contributed by atoms with van der Waals surface area (Å²) in [5.74, 6) is 1.26. The summed E-state index contributed by atoms with van der Waals surface area (Å²) in [6, 6.07) is 12.8. The van der Waals surface area contributed by atoms with Crippen LogP contribution < -0.4 is 15.4 Å². The van der Waals surface area contributed by atoms with Gasteiger partial charge in [-0.05, 0) is 24.6 Å². The van der Waals surface area contributed by atoms with Gasteiger partial charge in [0.25, 0.3) is 0 Å². The first-order valence-electron chi connectivity index (χ1n) is 7.67. The van der Waals surface area contributed by atoms with E-state index in [0.717, 1.165) is 22.3 Å². The van der Waals surface area contributed by atoms with Crippen LogP contribution in [0.3, 0.4) is 0 Å². The van der Waals surface area contributed by atoms with Gasteiger partial charge in [0.1, 0.15) is 11.3 Å². The maximum Gasteiger partial charge on any atom is 0.315 e. The number of carbonyl (C=O) groups is 1. The Balaban J connectivity index is 1.55. The molecule has 0 saturated carbocycles. The van der Waals surface area contributed by atoms with Crippen molar-refractivity contribution in [3.8, 4) is 5.88 Å². The number of hydrogen-bond donors (Lipinski definition) is 2. The van der Waals surface area contributed by atoms with Gasteiger partial charge >= 0.3 is 6.03 Å². The third-order valence-corrected chi connectivity index (χ3v) is 3.68. The first-order valence-corrected chi connectivity index (χ1v) is 7.67. The lowest BCUT2D eigenvalue weighted by Crippen LogP contribution is -2.36. The highest BCUT2D eigenvalue weighted by molar-refractivity contribution is 5.78. The summed E-state index contributed by atoms with van der Waals surface area (Å²) in [7, 11) is 1.56. The average molecular weight is 325 g/mol. The molecule has 0 spiro atoms. The highest BCUT2D eigenvalue weighted by Crippen LogP contribution is 2.23. The minimum atomic E-state index is -0.265. The Kier molecular flexibility index (Phi) is 4.65. The zero-order chi connectivity index (χ0) is 16.9. The molecule has 2 aromatic heterocycles. The van der Waals surface area contributed by atoms with Gasteiger partial charge in [0, 0.05) is 24.2 Å². The third kappa shape index (κ3) is 3.65. The molecule has 2 heterocycles. The molecule has 124 valence electrons. The molecule has 24 heavy (non-hydrogen) atoms. The molecule has 0 radical (unpaired) electrons. The van der Waals surface area contributed by atoms with Crippen LogP contribution in [0.5, 0.6) is 5.88 Å². The number of benzene rings is 1. The molecule has 1 aromatic carbocycles. The molecule has 6 heteroatoms. The maximum atomic E-state index is 12.0. The van der Waals surface area contributed by atoms with Crippen molar-refractivity contribution in [3.63, 3.8) is 0 Å². The first-order chi connectivity index (χ1) is 11.7. The molecule has 0 aliphatic rings. The zero-order valence-electron chi connectivity index (χ0n) is 13.6. The van der Waals surface area contributed by atoms with Crippen molar-refractivity contribution in [1.29, 1.82) is 0 Å². The Labute approximate surface area is 139 Å². The summed E-state index contributed by atoms with van der Waals surface area (Å²) in [5, 5.41) is 6.68. The fourth-order valence-electron chi connectivity index (χ4n) is 2.35. The number of methoxy groups -OCH3 is 1. The summed E-state index contributed by atoms with van der Waals surface area (Å²) in [4.78, 5) is 16.1. The van der Waals surface area contributed by atoms with E-state index in [1.54, 1.807) is 19.4 Å². The van der Waals surface area contributed by atoms with E-state index in [4.69, 9.17) is 9.15 Å². The summed E-state index contributed by atoms with van der Waals surface area (Å²) in [6.07, 6.45) is 1.67. The van der Waals surface area contributed by atoms with E-state index in [0.29, 0.717) is 12.4 Å². The Morgan fingerprint density at radius 3 is 2.83 bits per heavy atom. The number of rotatable bonds is 5. The molecular weight excluding hydrogens is 306 g/mol. The van der Waals surface area contributed by atoms with Gasteiger partial charge in [-0.25, -0.2) is 9.78 Å². The van der Waals surface area contributed by atoms with Crippen LogP contribution in [-0.2, 0) is 6.54 Å². The number of nitrogens with one attached hydrogen (secondary N) is 2. The summed E-state index contributed by atoms with van der Waals surface area (Å²) in [6.45, 7) is 2.27. The van der Waals surface area contributed by atoms with Gasteiger partial charge in [0.05, 0.1) is 13.2 Å². The maximum absolute atomic E-state index is 12.0. The van der Waals surface area contributed by atoms with Gasteiger partial charge < -0.3 is 19.8 Å². The molecule has 0 fully saturated rings. The van der Waals surface area contributed by atoms with Gasteiger partial charge in [-0.2, -0.15) is 0 Å². The number of fused-ring (bicyclic) bond motifs is 1. The molecule has 1 unspecified atom stereocenters. The van der Waals surface area contributed by atoms with Crippen molar-refractivity contribution in [2.45, 2.75) is 19.5 Å². The predicted octanol–water partition coefficient (Wildman–Crippen LogP) is 3.40. The van der Waals surface area contributed by atoms with Crippen LogP contribution in [0.2, 0.25) is 0 Å². The van der Waals surface area contributed by atoms with Gasteiger partial charge in [-0.1, -0.05) is 24.3 Å². The predicted molar refractivity (Wildman–Crippen MR) is 90.8 cm³/mol. The highest BCUT2D eigenvalue weighted by Gasteiger charge is 2.13. The Morgan fingerprint density at radius 1 is 1.29 bits per heavy atom. The summed E-state index contributed by atoms with van der Waals surface area (Å²) in [5.41, 5.74) is 1.70. The molecule has 0 aliphatic carbocycles. The number of ether oxygens (including phenoxy) is 1. The SMILES string of the molecule is COc1ccc(CNC(=O)NC(C)c2cc3ccccc3o2)cn1. The van der Waals surface area contributed by atoms with Crippen molar-refractivity contribution in [2.75, 3.05) is 7.11 Å². The van der Waals surface area contributed by atoms with Crippen LogP contribution in [0.15, 0.2) is 53.1 Å². The smallest absolute Gasteiger partial charge is 0.315 e. The molecule has 0 aliphatic heterocycles. The number of amides is 2. The summed E-state index contributed by atoms with van der Waals surface area (Å²) >= 11 is 0. The number of hydrogen-bond acceptors (Lipinski definition) is 4. The number of para-hydroxylation sites is 1. The average Bonchev–Trinajstić information content (AvgIpc) is 3.05. The second-order valence-corrected chi connectivity index (χ2v) is 5.44. The summed E-state index contributed by atoms with van der Waals surface area (Å²) < 4.78 is 10.8. The Hall–Kier alpha value is -3.02. The topological polar surface area (TPSA) is 76.4 Å². The molecule has 0 saturated heterocycles. The van der Waals surface area contributed by atoms with E-state index in [9.17, 15) is 4.79 Å². The number of nitrogens with zero attached hydrogens (tertiary/aromatic N) is 1. The van der Waals surface area contributed by atoms with Crippen LogP contribution >= 0.6 is 0 Å². The fraction of sp³-hybridized carbons (Fsp3) is 0.222. The van der Waals surface area contributed by atoms with Crippen molar-refractivity contribution in [1.82, 2.24) is 15.6 Å². The van der Waals surface area contributed by atoms with Crippen molar-refractivity contribution in [2.24, 2.45) is 0 Å². The number of urea groups is 1. The Morgan fingerprint density at radius 2 is 2.12 bits per heavy atom. The molecule has 1 atom stereocenters. The van der Waals surface area contributed by atoms with Crippen LogP contribution in [0, 0.1) is 0 Å². The lowest BCUT2D eigenvalue weighted by atomic mass is 10.2. The third-order valence-electron chi connectivity index (χ3n) is 3.68. The quantitative estimate of drug-likeness (QED) is 0.754. The molecule has 2 N–H and O–H groups in total. The van der Waals surface area contributed by atoms with E-state index >= 15 is 0 Å². The van der Waals surface area contributed by atoms with Crippen LogP contribution in [-0.4, -0.2) is 18.1 Å². The molecule has 0 bridgehead atoms. The highest BCUT2D eigenvalue weighted by atomic mass is 16.5. The van der Waals surface area contributed by atoms with E-state index in [1.807, 2.05) is 43.3 Å². The minimum absolute atomic E-state index is 0.230. The second-order valence-electron chi connectivity index (χ2n) is 5.44. The second kappa shape index (κ2) is 7.04. The molecule has 6 nitrogen and oxygen atoms in total. The largest absolute Gasteiger partial charge is 0.481 e. The minimum Gasteiger partial charge on any atom is -0.481 e. The normalized spacial score (nSPS) is 11.9. The lowest BCUT2D eigenvalue weighted by Gasteiger charge is -2.12. The monoisotopic (exact) mass is 325 g/mol. The first kappa shape index (κ1) is 15.9. The van der Waals surface area contributed by atoms with E-state index in [-0.39, 0.29) is 12.1 Å². The molecule has 3 aromatic rings. The fourth-order valence-corrected chi connectivity index (χ4v) is 2.35.